The zero-order chi connectivity index (χ0) is 16.9. The van der Waals surface area contributed by atoms with E-state index < -0.39 is 0 Å². The van der Waals surface area contributed by atoms with Gasteiger partial charge in [-0.15, -0.1) is 0 Å². The maximum atomic E-state index is 4.94. The standard InChI is InChI=1S/C21H22N3/c1-5-18(16-11-7-6-8-12-16)23-15(2)21(3,4)24-19-14-10-9-13-17(19)22-20(23)24/h5-14H,1-4H3/q+1. The summed E-state index contributed by atoms with van der Waals surface area (Å²) in [6.07, 6.45) is 2.17. The number of benzene rings is 2. The number of rotatable bonds is 2. The Hall–Kier alpha value is -2.68. The first-order valence-corrected chi connectivity index (χ1v) is 8.39. The van der Waals surface area contributed by atoms with Gasteiger partial charge in [-0.3, -0.25) is 0 Å². The van der Waals surface area contributed by atoms with Crippen molar-refractivity contribution in [3.05, 3.63) is 66.2 Å². The van der Waals surface area contributed by atoms with E-state index in [0.717, 1.165) is 11.5 Å². The lowest BCUT2D eigenvalue weighted by atomic mass is 9.99. The van der Waals surface area contributed by atoms with E-state index in [0.29, 0.717) is 0 Å². The molecule has 0 saturated heterocycles. The number of fused-ring (bicyclic) bond motifs is 3. The van der Waals surface area contributed by atoms with Crippen molar-refractivity contribution in [3.63, 3.8) is 0 Å². The highest BCUT2D eigenvalue weighted by Crippen LogP contribution is 2.39. The lowest BCUT2D eigenvalue weighted by Gasteiger charge is -2.17. The predicted octanol–water partition coefficient (Wildman–Crippen LogP) is 4.95. The number of hydrogen-bond acceptors (Lipinski definition) is 1. The van der Waals surface area contributed by atoms with Crippen LogP contribution in [0.5, 0.6) is 0 Å². The van der Waals surface area contributed by atoms with E-state index in [-0.39, 0.29) is 5.54 Å². The Morgan fingerprint density at radius 2 is 1.71 bits per heavy atom. The SMILES string of the molecule is CC=C(c1ccccc1)[N+]1=C(C)C(C)(C)n2c1nc1ccccc12. The molecule has 1 aromatic heterocycles. The summed E-state index contributed by atoms with van der Waals surface area (Å²) >= 11 is 0. The van der Waals surface area contributed by atoms with Crippen LogP contribution in [-0.2, 0) is 5.54 Å². The smallest absolute Gasteiger partial charge is 0.213 e. The zero-order valence-electron chi connectivity index (χ0n) is 14.6. The molecule has 24 heavy (non-hydrogen) atoms. The average molecular weight is 316 g/mol. The molecule has 1 aliphatic heterocycles. The number of para-hydroxylation sites is 2. The second-order valence-corrected chi connectivity index (χ2v) is 6.76. The zero-order valence-corrected chi connectivity index (χ0v) is 14.6. The van der Waals surface area contributed by atoms with Crippen molar-refractivity contribution in [2.75, 3.05) is 0 Å². The highest BCUT2D eigenvalue weighted by Gasteiger charge is 2.46. The van der Waals surface area contributed by atoms with Crippen LogP contribution in [0, 0.1) is 0 Å². The number of allylic oxidation sites excluding steroid dienone is 1. The molecule has 120 valence electrons. The molecule has 2 heterocycles. The molecule has 0 saturated carbocycles. The minimum Gasteiger partial charge on any atom is -0.213 e. The molecule has 0 aliphatic carbocycles. The van der Waals surface area contributed by atoms with Gasteiger partial charge in [0.15, 0.2) is 5.52 Å². The molecule has 0 radical (unpaired) electrons. The van der Waals surface area contributed by atoms with Crippen LogP contribution < -0.4 is 0 Å². The molecule has 0 fully saturated rings. The van der Waals surface area contributed by atoms with Gasteiger partial charge in [0.1, 0.15) is 16.8 Å². The third-order valence-electron chi connectivity index (χ3n) is 5.11. The van der Waals surface area contributed by atoms with Crippen molar-refractivity contribution in [2.45, 2.75) is 33.2 Å². The summed E-state index contributed by atoms with van der Waals surface area (Å²) in [4.78, 5) is 4.94. The van der Waals surface area contributed by atoms with Gasteiger partial charge in [-0.25, -0.2) is 4.57 Å². The second-order valence-electron chi connectivity index (χ2n) is 6.76. The minimum absolute atomic E-state index is 0.117. The van der Waals surface area contributed by atoms with Crippen LogP contribution in [-0.4, -0.2) is 19.8 Å². The fraction of sp³-hybridized carbons (Fsp3) is 0.238. The van der Waals surface area contributed by atoms with Crippen LogP contribution in [0.25, 0.3) is 16.7 Å². The summed E-state index contributed by atoms with van der Waals surface area (Å²) in [7, 11) is 0. The molecule has 0 spiro atoms. The summed E-state index contributed by atoms with van der Waals surface area (Å²) < 4.78 is 4.65. The Labute approximate surface area is 142 Å². The third kappa shape index (κ3) is 1.91. The Morgan fingerprint density at radius 3 is 2.42 bits per heavy atom. The molecule has 2 aromatic carbocycles. The molecule has 0 bridgehead atoms. The van der Waals surface area contributed by atoms with Gasteiger partial charge in [0.2, 0.25) is 0 Å². The first-order valence-electron chi connectivity index (χ1n) is 8.39. The van der Waals surface area contributed by atoms with Gasteiger partial charge in [0, 0.05) is 5.56 Å². The molecule has 0 unspecified atom stereocenters. The lowest BCUT2D eigenvalue weighted by molar-refractivity contribution is -0.338. The number of nitrogens with zero attached hydrogens (tertiary/aromatic N) is 3. The monoisotopic (exact) mass is 316 g/mol. The van der Waals surface area contributed by atoms with Crippen LogP contribution in [0.3, 0.4) is 0 Å². The molecular formula is C21H22N3+. The summed E-state index contributed by atoms with van der Waals surface area (Å²) in [6.45, 7) is 8.82. The van der Waals surface area contributed by atoms with Crippen molar-refractivity contribution in [3.8, 4) is 0 Å². The largest absolute Gasteiger partial charge is 0.405 e. The quantitative estimate of drug-likeness (QED) is 0.613. The third-order valence-corrected chi connectivity index (χ3v) is 5.11. The van der Waals surface area contributed by atoms with Gasteiger partial charge in [-0.05, 0) is 45.9 Å². The summed E-state index contributed by atoms with van der Waals surface area (Å²) in [6, 6.07) is 18.9. The van der Waals surface area contributed by atoms with Crippen molar-refractivity contribution < 1.29 is 4.58 Å². The van der Waals surface area contributed by atoms with Crippen LogP contribution in [0.1, 0.15) is 33.3 Å². The molecular weight excluding hydrogens is 294 g/mol. The minimum atomic E-state index is -0.117. The summed E-state index contributed by atoms with van der Waals surface area (Å²) in [5, 5.41) is 0. The van der Waals surface area contributed by atoms with Gasteiger partial charge < -0.3 is 0 Å². The van der Waals surface area contributed by atoms with E-state index in [1.165, 1.54) is 22.5 Å². The van der Waals surface area contributed by atoms with E-state index >= 15 is 0 Å². The van der Waals surface area contributed by atoms with Gasteiger partial charge in [-0.1, -0.05) is 47.4 Å². The molecule has 0 amide bonds. The Morgan fingerprint density at radius 1 is 1.04 bits per heavy atom. The highest BCUT2D eigenvalue weighted by atomic mass is 15.3. The van der Waals surface area contributed by atoms with Crippen LogP contribution in [0.4, 0.5) is 5.95 Å². The van der Waals surface area contributed by atoms with Gasteiger partial charge >= 0.3 is 5.95 Å². The van der Waals surface area contributed by atoms with Crippen molar-refractivity contribution in [1.29, 1.82) is 0 Å². The normalized spacial score (nSPS) is 16.8. The molecule has 0 N–H and O–H groups in total. The summed E-state index contributed by atoms with van der Waals surface area (Å²) in [5.41, 5.74) is 5.78. The fourth-order valence-corrected chi connectivity index (χ4v) is 3.62. The Balaban J connectivity index is 2.02. The van der Waals surface area contributed by atoms with Crippen molar-refractivity contribution in [2.24, 2.45) is 0 Å². The molecule has 1 aliphatic rings. The Bertz CT molecular complexity index is 988. The summed E-state index contributed by atoms with van der Waals surface area (Å²) in [5.74, 6) is 0.996. The maximum absolute atomic E-state index is 4.94. The van der Waals surface area contributed by atoms with Gasteiger partial charge in [0.25, 0.3) is 0 Å². The molecule has 3 aromatic rings. The molecule has 3 heteroatoms. The van der Waals surface area contributed by atoms with Crippen LogP contribution in [0.15, 0.2) is 60.7 Å². The molecule has 3 nitrogen and oxygen atoms in total. The average Bonchev–Trinajstić information content (AvgIpc) is 3.06. The van der Waals surface area contributed by atoms with Crippen molar-refractivity contribution in [1.82, 2.24) is 9.55 Å². The lowest BCUT2D eigenvalue weighted by Crippen LogP contribution is -2.31. The number of hydrogen-bond donors (Lipinski definition) is 0. The van der Waals surface area contributed by atoms with E-state index in [1.807, 2.05) is 6.07 Å². The maximum Gasteiger partial charge on any atom is 0.405 e. The first-order chi connectivity index (χ1) is 11.6. The van der Waals surface area contributed by atoms with Crippen LogP contribution in [0.2, 0.25) is 0 Å². The van der Waals surface area contributed by atoms with Gasteiger partial charge in [-0.2, -0.15) is 4.58 Å². The second kappa shape index (κ2) is 5.17. The number of aromatic nitrogens is 2. The van der Waals surface area contributed by atoms with Crippen LogP contribution >= 0.6 is 0 Å². The van der Waals surface area contributed by atoms with E-state index in [2.05, 4.69) is 91.4 Å². The Kier molecular flexibility index (Phi) is 3.20. The van der Waals surface area contributed by atoms with Crippen molar-refractivity contribution >= 4 is 28.4 Å². The first kappa shape index (κ1) is 14.9. The predicted molar refractivity (Wildman–Crippen MR) is 99.7 cm³/mol. The fourth-order valence-electron chi connectivity index (χ4n) is 3.62. The topological polar surface area (TPSA) is 20.8 Å². The van der Waals surface area contributed by atoms with E-state index in [1.54, 1.807) is 0 Å². The van der Waals surface area contributed by atoms with Gasteiger partial charge in [0.05, 0.1) is 5.71 Å². The van der Waals surface area contributed by atoms with E-state index in [4.69, 9.17) is 4.98 Å². The number of imidazole rings is 1. The highest BCUT2D eigenvalue weighted by molar-refractivity contribution is 5.93. The molecule has 4 rings (SSSR count). The molecule has 0 atom stereocenters. The van der Waals surface area contributed by atoms with E-state index in [9.17, 15) is 0 Å².